The van der Waals surface area contributed by atoms with Crippen LogP contribution < -0.4 is 10.1 Å². The molecular formula is C31H43FN4O3. The van der Waals surface area contributed by atoms with Crippen LogP contribution in [0.15, 0.2) is 24.3 Å². The molecule has 1 aromatic heterocycles. The van der Waals surface area contributed by atoms with Crippen LogP contribution in [-0.4, -0.2) is 72.2 Å². The Morgan fingerprint density at radius 3 is 2.87 bits per heavy atom. The van der Waals surface area contributed by atoms with Gasteiger partial charge in [-0.15, -0.1) is 0 Å². The normalized spacial score (nSPS) is 20.1. The molecule has 8 heteroatoms. The summed E-state index contributed by atoms with van der Waals surface area (Å²) in [5.41, 5.74) is 3.80. The summed E-state index contributed by atoms with van der Waals surface area (Å²) in [6, 6.07) is 7.15. The lowest BCUT2D eigenvalue weighted by atomic mass is 9.98. The van der Waals surface area contributed by atoms with Crippen LogP contribution >= 0.6 is 0 Å². The van der Waals surface area contributed by atoms with Crippen LogP contribution in [0.25, 0.3) is 0 Å². The minimum Gasteiger partial charge on any atom is -0.493 e. The molecule has 1 saturated carbocycles. The maximum atomic E-state index is 14.9. The number of benzene rings is 1. The van der Waals surface area contributed by atoms with E-state index in [0.29, 0.717) is 24.6 Å². The number of aryl methyl sites for hydroxylation is 2. The summed E-state index contributed by atoms with van der Waals surface area (Å²) in [7, 11) is 3.55. The average molecular weight is 539 g/mol. The van der Waals surface area contributed by atoms with Gasteiger partial charge in [-0.3, -0.25) is 9.69 Å². The zero-order chi connectivity index (χ0) is 27.4. The standard InChI is InChI=1S/C31H43FN4O3/c1-35(15-5-3-4-8-24-12-11-23-7-6-14-33-30(23)34-24)25-13-16-36(20-25)28(31(37)38)26-18-22(17-21-9-10-21)19-27(32)29(26)39-2/h11-12,18-19,21,25,28H,3-10,13-17,20H2,1-2H3,(H,33,34)(H,37,38)/t25-,28-/m1/s1. The largest absolute Gasteiger partial charge is 0.493 e. The fourth-order valence-electron chi connectivity index (χ4n) is 6.25. The van der Waals surface area contributed by atoms with Gasteiger partial charge in [0.2, 0.25) is 0 Å². The number of ether oxygens (including phenoxy) is 1. The summed E-state index contributed by atoms with van der Waals surface area (Å²) in [5.74, 6) is 0.295. The SMILES string of the molecule is COc1c(F)cc(CC2CC2)cc1[C@H](C(=O)O)N1CC[C@@H](N(C)CCCCCc2ccc3c(n2)NCCC3)C1. The second-order valence-electron chi connectivity index (χ2n) is 11.7. The van der Waals surface area contributed by atoms with Gasteiger partial charge < -0.3 is 20.1 Å². The third-order valence-electron chi connectivity index (χ3n) is 8.66. The summed E-state index contributed by atoms with van der Waals surface area (Å²) < 4.78 is 20.3. The highest BCUT2D eigenvalue weighted by Crippen LogP contribution is 2.38. The number of anilines is 1. The van der Waals surface area contributed by atoms with Crippen molar-refractivity contribution in [3.8, 4) is 5.75 Å². The van der Waals surface area contributed by atoms with E-state index in [9.17, 15) is 14.3 Å². The molecule has 7 nitrogen and oxygen atoms in total. The smallest absolute Gasteiger partial charge is 0.325 e. The summed E-state index contributed by atoms with van der Waals surface area (Å²) in [5, 5.41) is 13.6. The van der Waals surface area contributed by atoms with Crippen LogP contribution in [-0.2, 0) is 24.1 Å². The number of likely N-dealkylation sites (N-methyl/N-ethyl adjacent to an activating group) is 1. The number of hydrogen-bond acceptors (Lipinski definition) is 6. The second-order valence-corrected chi connectivity index (χ2v) is 11.7. The number of nitrogens with zero attached hydrogens (tertiary/aromatic N) is 3. The number of aromatic nitrogens is 1. The Labute approximate surface area is 231 Å². The van der Waals surface area contributed by atoms with Crippen LogP contribution in [0.5, 0.6) is 5.75 Å². The van der Waals surface area contributed by atoms with E-state index >= 15 is 0 Å². The van der Waals surface area contributed by atoms with E-state index in [0.717, 1.165) is 88.0 Å². The predicted molar refractivity (Wildman–Crippen MR) is 151 cm³/mol. The first-order valence-corrected chi connectivity index (χ1v) is 14.7. The number of carbonyl (C=O) groups is 1. The molecule has 2 fully saturated rings. The lowest BCUT2D eigenvalue weighted by Crippen LogP contribution is -2.38. The Balaban J connectivity index is 1.13. The van der Waals surface area contributed by atoms with E-state index in [4.69, 9.17) is 9.72 Å². The van der Waals surface area contributed by atoms with Gasteiger partial charge in [-0.1, -0.05) is 12.5 Å². The van der Waals surface area contributed by atoms with Gasteiger partial charge in [0.1, 0.15) is 11.9 Å². The van der Waals surface area contributed by atoms with Gasteiger partial charge in [0.05, 0.1) is 7.11 Å². The lowest BCUT2D eigenvalue weighted by Gasteiger charge is -2.28. The molecule has 1 aromatic carbocycles. The second kappa shape index (κ2) is 12.6. The van der Waals surface area contributed by atoms with Gasteiger partial charge in [0.15, 0.2) is 11.6 Å². The Morgan fingerprint density at radius 1 is 1.26 bits per heavy atom. The third kappa shape index (κ3) is 6.90. The van der Waals surface area contributed by atoms with Crippen LogP contribution in [0.1, 0.15) is 73.4 Å². The highest BCUT2D eigenvalue weighted by molar-refractivity contribution is 5.77. The Morgan fingerprint density at radius 2 is 2.10 bits per heavy atom. The molecule has 0 radical (unpaired) electrons. The number of likely N-dealkylation sites (tertiary alicyclic amines) is 1. The number of aliphatic carboxylic acids is 1. The van der Waals surface area contributed by atoms with Crippen LogP contribution in [0.2, 0.25) is 0 Å². The molecule has 2 aromatic rings. The Bertz CT molecular complexity index is 1150. The highest BCUT2D eigenvalue weighted by atomic mass is 19.1. The van der Waals surface area contributed by atoms with Crippen molar-refractivity contribution >= 4 is 11.8 Å². The van der Waals surface area contributed by atoms with Crippen LogP contribution in [0, 0.1) is 11.7 Å². The number of pyridine rings is 1. The van der Waals surface area contributed by atoms with Crippen LogP contribution in [0.4, 0.5) is 10.2 Å². The first-order chi connectivity index (χ1) is 18.9. The number of fused-ring (bicyclic) bond motifs is 1. The Hall–Kier alpha value is -2.71. The van der Waals surface area contributed by atoms with Crippen molar-refractivity contribution in [1.29, 1.82) is 0 Å². The van der Waals surface area contributed by atoms with Gasteiger partial charge in [0.25, 0.3) is 0 Å². The number of hydrogen-bond donors (Lipinski definition) is 2. The monoisotopic (exact) mass is 538 g/mol. The molecule has 39 heavy (non-hydrogen) atoms. The molecule has 212 valence electrons. The zero-order valence-corrected chi connectivity index (χ0v) is 23.4. The molecule has 0 spiro atoms. The summed E-state index contributed by atoms with van der Waals surface area (Å²) in [6.45, 7) is 3.31. The lowest BCUT2D eigenvalue weighted by molar-refractivity contribution is -0.143. The molecule has 0 unspecified atom stereocenters. The average Bonchev–Trinajstić information content (AvgIpc) is 3.60. The number of rotatable bonds is 13. The molecule has 1 saturated heterocycles. The molecule has 3 heterocycles. The first-order valence-electron chi connectivity index (χ1n) is 14.7. The number of halogens is 1. The fraction of sp³-hybridized carbons (Fsp3) is 0.613. The zero-order valence-electron chi connectivity index (χ0n) is 23.4. The van der Waals surface area contributed by atoms with Crippen molar-refractivity contribution in [2.24, 2.45) is 5.92 Å². The molecule has 5 rings (SSSR count). The number of carboxylic acid groups (broad SMARTS) is 1. The van der Waals surface area contributed by atoms with Gasteiger partial charge >= 0.3 is 5.97 Å². The molecule has 2 aliphatic heterocycles. The molecule has 2 N–H and O–H groups in total. The quantitative estimate of drug-likeness (QED) is 0.344. The minimum atomic E-state index is -0.953. The minimum absolute atomic E-state index is 0.0583. The van der Waals surface area contributed by atoms with Crippen molar-refractivity contribution in [2.45, 2.75) is 76.3 Å². The maximum Gasteiger partial charge on any atom is 0.325 e. The van der Waals surface area contributed by atoms with E-state index in [1.165, 1.54) is 25.2 Å². The van der Waals surface area contributed by atoms with Crippen molar-refractivity contribution in [1.82, 2.24) is 14.8 Å². The van der Waals surface area contributed by atoms with Gasteiger partial charge in [0, 0.05) is 36.9 Å². The van der Waals surface area contributed by atoms with Gasteiger partial charge in [-0.05, 0) is 107 Å². The van der Waals surface area contributed by atoms with E-state index in [2.05, 4.69) is 29.4 Å². The number of methoxy groups -OCH3 is 1. The molecule has 0 bridgehead atoms. The summed E-state index contributed by atoms with van der Waals surface area (Å²) >= 11 is 0. The van der Waals surface area contributed by atoms with E-state index in [1.807, 2.05) is 11.0 Å². The molecule has 2 atom stereocenters. The van der Waals surface area contributed by atoms with E-state index < -0.39 is 17.8 Å². The molecule has 1 aliphatic carbocycles. The van der Waals surface area contributed by atoms with Gasteiger partial charge in [-0.2, -0.15) is 0 Å². The maximum absolute atomic E-state index is 14.9. The first kappa shape index (κ1) is 27.8. The van der Waals surface area contributed by atoms with E-state index in [-0.39, 0.29) is 11.8 Å². The topological polar surface area (TPSA) is 77.9 Å². The number of unbranched alkanes of at least 4 members (excludes halogenated alkanes) is 2. The van der Waals surface area contributed by atoms with Crippen LogP contribution in [0.3, 0.4) is 0 Å². The number of nitrogens with one attached hydrogen (secondary N) is 1. The fourth-order valence-corrected chi connectivity index (χ4v) is 6.25. The van der Waals surface area contributed by atoms with Crippen molar-refractivity contribution in [3.05, 3.63) is 52.5 Å². The molecule has 0 amide bonds. The molecular weight excluding hydrogens is 495 g/mol. The van der Waals surface area contributed by atoms with E-state index in [1.54, 1.807) is 0 Å². The van der Waals surface area contributed by atoms with Gasteiger partial charge in [-0.25, -0.2) is 9.37 Å². The third-order valence-corrected chi connectivity index (χ3v) is 8.66. The Kier molecular flexibility index (Phi) is 9.03. The summed E-state index contributed by atoms with van der Waals surface area (Å²) in [4.78, 5) is 21.6. The highest BCUT2D eigenvalue weighted by Gasteiger charge is 2.37. The van der Waals surface area contributed by atoms with Crippen molar-refractivity contribution < 1.29 is 19.0 Å². The van der Waals surface area contributed by atoms with Crippen molar-refractivity contribution in [3.63, 3.8) is 0 Å². The predicted octanol–water partition coefficient (Wildman–Crippen LogP) is 5.08. The summed E-state index contributed by atoms with van der Waals surface area (Å²) in [6.07, 6.45) is 10.7. The number of carboxylic acids is 1. The molecule has 3 aliphatic rings. The van der Waals surface area contributed by atoms with Crippen molar-refractivity contribution in [2.75, 3.05) is 45.7 Å².